The van der Waals surface area contributed by atoms with Crippen molar-refractivity contribution in [2.75, 3.05) is 0 Å². The molecule has 0 heterocycles. The van der Waals surface area contributed by atoms with Crippen molar-refractivity contribution < 1.29 is 4.79 Å². The second-order valence-electron chi connectivity index (χ2n) is 4.19. The fraction of sp³-hybridized carbons (Fsp3) is 0.700. The summed E-state index contributed by atoms with van der Waals surface area (Å²) in [6.45, 7) is 6.45. The minimum atomic E-state index is -0.0660. The predicted molar refractivity (Wildman–Crippen MR) is 44.1 cm³/mol. The Morgan fingerprint density at radius 3 is 2.64 bits per heavy atom. The summed E-state index contributed by atoms with van der Waals surface area (Å²) in [6.07, 6.45) is 2.99. The zero-order chi connectivity index (χ0) is 8.22. The van der Waals surface area contributed by atoms with E-state index in [4.69, 9.17) is 0 Å². The summed E-state index contributed by atoms with van der Waals surface area (Å²) < 4.78 is 0. The zero-order valence-corrected chi connectivity index (χ0v) is 7.35. The highest BCUT2D eigenvalue weighted by atomic mass is 16.1. The minimum Gasteiger partial charge on any atom is -0.299 e. The van der Waals surface area contributed by atoms with E-state index in [1.54, 1.807) is 0 Å². The lowest BCUT2D eigenvalue weighted by molar-refractivity contribution is -0.140. The first-order valence-electron chi connectivity index (χ1n) is 4.28. The predicted octanol–water partition coefficient (Wildman–Crippen LogP) is 2.18. The number of rotatable bonds is 0. The highest BCUT2D eigenvalue weighted by Crippen LogP contribution is 2.55. The van der Waals surface area contributed by atoms with Gasteiger partial charge in [-0.1, -0.05) is 18.6 Å². The molecule has 1 saturated carbocycles. The third kappa shape index (κ3) is 0.640. The number of fused-ring (bicyclic) bond motifs is 1. The van der Waals surface area contributed by atoms with Crippen LogP contribution in [0.5, 0.6) is 0 Å². The van der Waals surface area contributed by atoms with Crippen LogP contribution in [0.4, 0.5) is 0 Å². The molecule has 60 valence electrons. The Hall–Kier alpha value is -0.590. The molecular weight excluding hydrogens is 136 g/mol. The quantitative estimate of drug-likeness (QED) is 0.484. The van der Waals surface area contributed by atoms with Crippen LogP contribution in [-0.4, -0.2) is 5.78 Å². The molecule has 1 nitrogen and oxygen atoms in total. The van der Waals surface area contributed by atoms with Gasteiger partial charge in [0.15, 0.2) is 0 Å². The molecular formula is C10H14O. The van der Waals surface area contributed by atoms with Crippen molar-refractivity contribution in [3.8, 4) is 0 Å². The lowest BCUT2D eigenvalue weighted by Gasteiger charge is -2.41. The first-order chi connectivity index (χ1) is 5.05. The molecule has 2 rings (SSSR count). The van der Waals surface area contributed by atoms with Crippen LogP contribution in [0, 0.1) is 17.3 Å². The summed E-state index contributed by atoms with van der Waals surface area (Å²) in [5.41, 5.74) is 1.34. The number of allylic oxidation sites excluding steroid dienone is 2. The molecule has 0 spiro atoms. The van der Waals surface area contributed by atoms with Gasteiger partial charge in [0.25, 0.3) is 0 Å². The summed E-state index contributed by atoms with van der Waals surface area (Å²) in [6, 6.07) is 0. The number of Topliss-reactive ketones (excluding diaryl/α,β-unsaturated/α-hetero) is 1. The van der Waals surface area contributed by atoms with Gasteiger partial charge >= 0.3 is 0 Å². The Balaban J connectivity index is 2.37. The van der Waals surface area contributed by atoms with Crippen LogP contribution in [0.3, 0.4) is 0 Å². The van der Waals surface area contributed by atoms with Crippen molar-refractivity contribution in [3.63, 3.8) is 0 Å². The van der Waals surface area contributed by atoms with Gasteiger partial charge < -0.3 is 0 Å². The van der Waals surface area contributed by atoms with Gasteiger partial charge in [0.1, 0.15) is 5.78 Å². The van der Waals surface area contributed by atoms with Crippen LogP contribution in [0.15, 0.2) is 11.6 Å². The first-order valence-corrected chi connectivity index (χ1v) is 4.28. The average molecular weight is 150 g/mol. The van der Waals surface area contributed by atoms with Crippen LogP contribution >= 0.6 is 0 Å². The lowest BCUT2D eigenvalue weighted by Crippen LogP contribution is -2.45. The summed E-state index contributed by atoms with van der Waals surface area (Å²) in [4.78, 5) is 11.3. The highest BCUT2D eigenvalue weighted by molar-refractivity contribution is 5.94. The van der Waals surface area contributed by atoms with E-state index in [0.29, 0.717) is 17.6 Å². The van der Waals surface area contributed by atoms with Crippen molar-refractivity contribution in [1.29, 1.82) is 0 Å². The Morgan fingerprint density at radius 1 is 1.64 bits per heavy atom. The molecule has 0 N–H and O–H groups in total. The minimum absolute atomic E-state index is 0.0660. The molecule has 0 radical (unpaired) electrons. The molecule has 0 aromatic rings. The van der Waals surface area contributed by atoms with E-state index in [1.807, 2.05) is 0 Å². The Bertz CT molecular complexity index is 252. The SMILES string of the molecule is CC1=CC2(C)C(=O)CC2[C@H]1C. The van der Waals surface area contributed by atoms with Gasteiger partial charge in [0, 0.05) is 11.8 Å². The standard InChI is InChI=1S/C10H14O/c1-6-5-10(3)8(7(6)2)4-9(10)11/h5,7-8H,4H2,1-3H3/t7-,8?,10?/m0/s1. The molecule has 0 saturated heterocycles. The molecule has 2 aliphatic rings. The maximum atomic E-state index is 11.3. The number of ketones is 1. The van der Waals surface area contributed by atoms with Gasteiger partial charge in [0.2, 0.25) is 0 Å². The second-order valence-corrected chi connectivity index (χ2v) is 4.19. The van der Waals surface area contributed by atoms with E-state index in [0.717, 1.165) is 6.42 Å². The lowest BCUT2D eigenvalue weighted by atomic mass is 9.60. The van der Waals surface area contributed by atoms with Gasteiger partial charge in [0.05, 0.1) is 0 Å². The fourth-order valence-corrected chi connectivity index (χ4v) is 2.51. The van der Waals surface area contributed by atoms with Crippen molar-refractivity contribution in [1.82, 2.24) is 0 Å². The van der Waals surface area contributed by atoms with Crippen molar-refractivity contribution in [2.24, 2.45) is 17.3 Å². The smallest absolute Gasteiger partial charge is 0.143 e. The maximum Gasteiger partial charge on any atom is 0.143 e. The van der Waals surface area contributed by atoms with Gasteiger partial charge in [-0.3, -0.25) is 4.79 Å². The number of carbonyl (C=O) groups is 1. The molecule has 11 heavy (non-hydrogen) atoms. The Labute approximate surface area is 67.5 Å². The van der Waals surface area contributed by atoms with Crippen molar-refractivity contribution >= 4 is 5.78 Å². The Kier molecular flexibility index (Phi) is 1.14. The number of hydrogen-bond acceptors (Lipinski definition) is 1. The van der Waals surface area contributed by atoms with E-state index in [2.05, 4.69) is 26.8 Å². The number of hydrogen-bond donors (Lipinski definition) is 0. The molecule has 2 aliphatic carbocycles. The Morgan fingerprint density at radius 2 is 2.27 bits per heavy atom. The molecule has 0 aliphatic heterocycles. The van der Waals surface area contributed by atoms with Crippen molar-refractivity contribution in [2.45, 2.75) is 27.2 Å². The monoisotopic (exact) mass is 150 g/mol. The normalized spacial score (nSPS) is 48.3. The summed E-state index contributed by atoms with van der Waals surface area (Å²) >= 11 is 0. The van der Waals surface area contributed by atoms with Gasteiger partial charge in [-0.15, -0.1) is 0 Å². The summed E-state index contributed by atoms with van der Waals surface area (Å²) in [7, 11) is 0. The van der Waals surface area contributed by atoms with Gasteiger partial charge in [-0.25, -0.2) is 0 Å². The van der Waals surface area contributed by atoms with Crippen LogP contribution in [-0.2, 0) is 4.79 Å². The van der Waals surface area contributed by atoms with E-state index in [1.165, 1.54) is 5.57 Å². The first kappa shape index (κ1) is 7.08. The van der Waals surface area contributed by atoms with Crippen LogP contribution < -0.4 is 0 Å². The van der Waals surface area contributed by atoms with Gasteiger partial charge in [-0.05, 0) is 25.7 Å². The average Bonchev–Trinajstić information content (AvgIpc) is 2.12. The third-order valence-corrected chi connectivity index (χ3v) is 3.63. The molecule has 3 atom stereocenters. The van der Waals surface area contributed by atoms with E-state index in [9.17, 15) is 4.79 Å². The third-order valence-electron chi connectivity index (χ3n) is 3.63. The largest absolute Gasteiger partial charge is 0.299 e. The molecule has 0 amide bonds. The van der Waals surface area contributed by atoms with E-state index in [-0.39, 0.29) is 5.41 Å². The molecule has 0 aromatic carbocycles. The number of carbonyl (C=O) groups excluding carboxylic acids is 1. The fourth-order valence-electron chi connectivity index (χ4n) is 2.51. The second kappa shape index (κ2) is 1.77. The van der Waals surface area contributed by atoms with Crippen LogP contribution in [0.25, 0.3) is 0 Å². The molecule has 1 fully saturated rings. The highest BCUT2D eigenvalue weighted by Gasteiger charge is 2.55. The molecule has 0 aromatic heterocycles. The zero-order valence-electron chi connectivity index (χ0n) is 7.35. The topological polar surface area (TPSA) is 17.1 Å². The van der Waals surface area contributed by atoms with E-state index < -0.39 is 0 Å². The van der Waals surface area contributed by atoms with E-state index >= 15 is 0 Å². The van der Waals surface area contributed by atoms with Gasteiger partial charge in [-0.2, -0.15) is 0 Å². The van der Waals surface area contributed by atoms with Crippen molar-refractivity contribution in [3.05, 3.63) is 11.6 Å². The summed E-state index contributed by atoms with van der Waals surface area (Å²) in [5.74, 6) is 1.69. The van der Waals surface area contributed by atoms with Crippen LogP contribution in [0.2, 0.25) is 0 Å². The van der Waals surface area contributed by atoms with Crippen LogP contribution in [0.1, 0.15) is 27.2 Å². The molecule has 2 unspecified atom stereocenters. The maximum absolute atomic E-state index is 11.3. The molecule has 0 bridgehead atoms. The summed E-state index contributed by atoms with van der Waals surface area (Å²) in [5, 5.41) is 0. The molecule has 1 heteroatoms.